The molecule has 1 atom stereocenters. The first-order chi connectivity index (χ1) is 12.7. The second kappa shape index (κ2) is 5.51. The van der Waals surface area contributed by atoms with Gasteiger partial charge in [-0.15, -0.1) is 0 Å². The fraction of sp³-hybridized carbons (Fsp3) is 0.235. The number of carbonyl (C=O) groups is 1. The van der Waals surface area contributed by atoms with E-state index >= 15 is 0 Å². The van der Waals surface area contributed by atoms with E-state index in [0.717, 1.165) is 22.5 Å². The molecule has 26 heavy (non-hydrogen) atoms. The Bertz CT molecular complexity index is 1110. The normalized spacial score (nSPS) is 16.8. The number of rotatable bonds is 2. The van der Waals surface area contributed by atoms with Gasteiger partial charge in [0, 0.05) is 36.8 Å². The van der Waals surface area contributed by atoms with Crippen LogP contribution in [-0.2, 0) is 13.6 Å². The number of nitrogens with one attached hydrogen (secondary N) is 2. The zero-order valence-corrected chi connectivity index (χ0v) is 14.0. The van der Waals surface area contributed by atoms with Crippen molar-refractivity contribution >= 4 is 16.9 Å². The van der Waals surface area contributed by atoms with Crippen molar-refractivity contribution in [2.24, 2.45) is 7.05 Å². The van der Waals surface area contributed by atoms with Crippen LogP contribution in [0.3, 0.4) is 0 Å². The largest absolute Gasteiger partial charge is 0.347 e. The molecule has 4 heterocycles. The molecular weight excluding hydrogens is 332 g/mol. The van der Waals surface area contributed by atoms with Gasteiger partial charge in [-0.25, -0.2) is 4.98 Å². The summed E-state index contributed by atoms with van der Waals surface area (Å²) in [6, 6.07) is 5.35. The van der Waals surface area contributed by atoms with Crippen LogP contribution < -0.4 is 0 Å². The zero-order chi connectivity index (χ0) is 17.7. The molecule has 1 unspecified atom stereocenters. The summed E-state index contributed by atoms with van der Waals surface area (Å²) in [5.74, 6) is -0.0394. The van der Waals surface area contributed by atoms with Gasteiger partial charge in [0.2, 0.25) is 0 Å². The summed E-state index contributed by atoms with van der Waals surface area (Å²) < 4.78 is 1.76. The first-order valence-electron chi connectivity index (χ1n) is 8.29. The maximum Gasteiger partial charge on any atom is 0.254 e. The van der Waals surface area contributed by atoms with E-state index in [0.29, 0.717) is 24.2 Å². The summed E-state index contributed by atoms with van der Waals surface area (Å²) in [6.45, 7) is 1.06. The molecule has 2 N–H and O–H groups in total. The molecule has 0 aliphatic carbocycles. The van der Waals surface area contributed by atoms with Crippen LogP contribution in [0.4, 0.5) is 0 Å². The number of aromatic nitrogens is 7. The molecule has 0 fully saturated rings. The molecular formula is C17H16N8O. The van der Waals surface area contributed by atoms with Crippen LogP contribution in [-0.4, -0.2) is 52.5 Å². The van der Waals surface area contributed by atoms with Crippen LogP contribution in [0.1, 0.15) is 33.2 Å². The van der Waals surface area contributed by atoms with Crippen molar-refractivity contribution in [2.45, 2.75) is 12.5 Å². The van der Waals surface area contributed by atoms with E-state index < -0.39 is 0 Å². The standard InChI is InChI=1S/C17H16N8O/c1-24-6-11(5-20-24)12-7-25(8-15-16(12)19-9-18-15)17(26)10-2-3-13-14(4-10)22-23-21-13/h2-6,9,12H,7-8H2,1H3,(H,18,19)(H,21,22,23). The van der Waals surface area contributed by atoms with Crippen LogP contribution in [0.25, 0.3) is 11.0 Å². The number of carbonyl (C=O) groups excluding carboxylic acids is 1. The summed E-state index contributed by atoms with van der Waals surface area (Å²) in [5, 5.41) is 14.9. The van der Waals surface area contributed by atoms with Crippen molar-refractivity contribution in [1.29, 1.82) is 0 Å². The summed E-state index contributed by atoms with van der Waals surface area (Å²) in [5.41, 5.74) is 5.00. The van der Waals surface area contributed by atoms with Gasteiger partial charge in [0.1, 0.15) is 11.0 Å². The molecule has 130 valence electrons. The van der Waals surface area contributed by atoms with Crippen LogP contribution in [0.5, 0.6) is 0 Å². The molecule has 4 aromatic rings. The lowest BCUT2D eigenvalue weighted by molar-refractivity contribution is 0.0722. The highest BCUT2D eigenvalue weighted by molar-refractivity contribution is 5.97. The monoisotopic (exact) mass is 348 g/mol. The zero-order valence-electron chi connectivity index (χ0n) is 14.0. The van der Waals surface area contributed by atoms with E-state index in [-0.39, 0.29) is 11.8 Å². The number of hydrogen-bond acceptors (Lipinski definition) is 5. The number of fused-ring (bicyclic) bond motifs is 2. The number of imidazole rings is 1. The van der Waals surface area contributed by atoms with Gasteiger partial charge in [0.05, 0.1) is 30.5 Å². The first kappa shape index (κ1) is 14.8. The molecule has 0 saturated carbocycles. The number of benzene rings is 1. The molecule has 0 radical (unpaired) electrons. The van der Waals surface area contributed by atoms with Gasteiger partial charge in [-0.3, -0.25) is 9.48 Å². The quantitative estimate of drug-likeness (QED) is 0.566. The van der Waals surface area contributed by atoms with Crippen LogP contribution in [0.15, 0.2) is 36.9 Å². The highest BCUT2D eigenvalue weighted by atomic mass is 16.2. The van der Waals surface area contributed by atoms with Gasteiger partial charge in [-0.1, -0.05) is 0 Å². The minimum absolute atomic E-state index is 0.00145. The number of nitrogens with zero attached hydrogens (tertiary/aromatic N) is 6. The lowest BCUT2D eigenvalue weighted by Gasteiger charge is -2.31. The number of amides is 1. The fourth-order valence-corrected chi connectivity index (χ4v) is 3.51. The van der Waals surface area contributed by atoms with Gasteiger partial charge in [0.15, 0.2) is 0 Å². The molecule has 0 saturated heterocycles. The maximum atomic E-state index is 13.1. The Balaban J connectivity index is 1.50. The summed E-state index contributed by atoms with van der Waals surface area (Å²) in [7, 11) is 1.88. The molecule has 9 nitrogen and oxygen atoms in total. The van der Waals surface area contributed by atoms with E-state index in [4.69, 9.17) is 0 Å². The molecule has 5 rings (SSSR count). The van der Waals surface area contributed by atoms with Crippen LogP contribution in [0, 0.1) is 0 Å². The van der Waals surface area contributed by atoms with Crippen LogP contribution >= 0.6 is 0 Å². The third kappa shape index (κ3) is 2.28. The SMILES string of the molecule is Cn1cc(C2CN(C(=O)c3ccc4n[nH]nc4c3)Cc3[nH]cnc32)cn1. The lowest BCUT2D eigenvalue weighted by atomic mass is 9.92. The Morgan fingerprint density at radius 2 is 2.15 bits per heavy atom. The minimum Gasteiger partial charge on any atom is -0.347 e. The average molecular weight is 348 g/mol. The van der Waals surface area contributed by atoms with Crippen molar-refractivity contribution in [3.63, 3.8) is 0 Å². The molecule has 1 aromatic carbocycles. The van der Waals surface area contributed by atoms with Gasteiger partial charge in [-0.2, -0.15) is 20.5 Å². The van der Waals surface area contributed by atoms with E-state index in [1.165, 1.54) is 0 Å². The predicted molar refractivity (Wildman–Crippen MR) is 92.3 cm³/mol. The third-order valence-electron chi connectivity index (χ3n) is 4.81. The highest BCUT2D eigenvalue weighted by Gasteiger charge is 2.32. The van der Waals surface area contributed by atoms with Gasteiger partial charge in [0.25, 0.3) is 5.91 Å². The van der Waals surface area contributed by atoms with Crippen molar-refractivity contribution in [1.82, 2.24) is 40.1 Å². The van der Waals surface area contributed by atoms with Crippen LogP contribution in [0.2, 0.25) is 0 Å². The molecule has 1 aliphatic heterocycles. The fourth-order valence-electron chi connectivity index (χ4n) is 3.51. The Morgan fingerprint density at radius 1 is 1.27 bits per heavy atom. The maximum absolute atomic E-state index is 13.1. The van der Waals surface area contributed by atoms with Gasteiger partial charge >= 0.3 is 0 Å². The molecule has 3 aromatic heterocycles. The smallest absolute Gasteiger partial charge is 0.254 e. The molecule has 9 heteroatoms. The van der Waals surface area contributed by atoms with Crippen molar-refractivity contribution in [2.75, 3.05) is 6.54 Å². The molecule has 0 bridgehead atoms. The number of aryl methyl sites for hydroxylation is 1. The number of H-pyrrole nitrogens is 2. The molecule has 1 amide bonds. The topological polar surface area (TPSA) is 108 Å². The summed E-state index contributed by atoms with van der Waals surface area (Å²) >= 11 is 0. The third-order valence-corrected chi connectivity index (χ3v) is 4.81. The number of aromatic amines is 2. The van der Waals surface area contributed by atoms with E-state index in [1.807, 2.05) is 24.3 Å². The van der Waals surface area contributed by atoms with Crippen molar-refractivity contribution in [3.8, 4) is 0 Å². The van der Waals surface area contributed by atoms with Crippen molar-refractivity contribution < 1.29 is 4.79 Å². The van der Waals surface area contributed by atoms with E-state index in [1.54, 1.807) is 29.2 Å². The molecule has 0 spiro atoms. The van der Waals surface area contributed by atoms with E-state index in [2.05, 4.69) is 30.5 Å². The van der Waals surface area contributed by atoms with E-state index in [9.17, 15) is 4.79 Å². The second-order valence-electron chi connectivity index (χ2n) is 6.48. The Labute approximate surface area is 148 Å². The lowest BCUT2D eigenvalue weighted by Crippen LogP contribution is -2.38. The highest BCUT2D eigenvalue weighted by Crippen LogP contribution is 2.32. The Morgan fingerprint density at radius 3 is 3.00 bits per heavy atom. The average Bonchev–Trinajstić information content (AvgIpc) is 3.39. The van der Waals surface area contributed by atoms with Gasteiger partial charge in [-0.05, 0) is 18.2 Å². The first-order valence-corrected chi connectivity index (χ1v) is 8.29. The molecule has 1 aliphatic rings. The summed E-state index contributed by atoms with van der Waals surface area (Å²) in [6.07, 6.45) is 5.49. The summed E-state index contributed by atoms with van der Waals surface area (Å²) in [4.78, 5) is 22.6. The van der Waals surface area contributed by atoms with Crippen molar-refractivity contribution in [3.05, 3.63) is 59.4 Å². The predicted octanol–water partition coefficient (Wildman–Crippen LogP) is 1.20. The number of hydrogen-bond donors (Lipinski definition) is 2. The second-order valence-corrected chi connectivity index (χ2v) is 6.48. The van der Waals surface area contributed by atoms with Gasteiger partial charge < -0.3 is 9.88 Å². The Kier molecular flexibility index (Phi) is 3.14. The minimum atomic E-state index is -0.0379. The Hall–Kier alpha value is -3.49.